The summed E-state index contributed by atoms with van der Waals surface area (Å²) in [5.41, 5.74) is 5.38. The highest BCUT2D eigenvalue weighted by molar-refractivity contribution is 7.26. The van der Waals surface area contributed by atoms with Gasteiger partial charge in [-0.25, -0.2) is 0 Å². The second kappa shape index (κ2) is 5.44. The lowest BCUT2D eigenvalue weighted by atomic mass is 9.92. The molecular formula is C24H18S. The van der Waals surface area contributed by atoms with Gasteiger partial charge in [0, 0.05) is 25.6 Å². The lowest BCUT2D eigenvalue weighted by molar-refractivity contribution is 1.43. The van der Waals surface area contributed by atoms with Crippen LogP contribution in [0, 0.1) is 13.8 Å². The minimum atomic E-state index is 1.33. The van der Waals surface area contributed by atoms with Gasteiger partial charge in [-0.3, -0.25) is 0 Å². The van der Waals surface area contributed by atoms with Gasteiger partial charge in [-0.1, -0.05) is 66.7 Å². The molecule has 120 valence electrons. The van der Waals surface area contributed by atoms with Crippen LogP contribution in [0.25, 0.3) is 42.1 Å². The highest BCUT2D eigenvalue weighted by atomic mass is 32.1. The molecule has 0 fully saturated rings. The SMILES string of the molecule is Cc1ccccc1-c1ccc2ccc3c4ccccc4sc3c2c1C. The third-order valence-electron chi connectivity index (χ3n) is 5.22. The highest BCUT2D eigenvalue weighted by Crippen LogP contribution is 2.41. The van der Waals surface area contributed by atoms with Crippen molar-refractivity contribution in [3.05, 3.63) is 83.9 Å². The van der Waals surface area contributed by atoms with Crippen molar-refractivity contribution in [1.82, 2.24) is 0 Å². The van der Waals surface area contributed by atoms with E-state index in [1.54, 1.807) is 0 Å². The summed E-state index contributed by atoms with van der Waals surface area (Å²) in [5, 5.41) is 5.47. The molecule has 0 spiro atoms. The number of hydrogen-bond acceptors (Lipinski definition) is 1. The lowest BCUT2D eigenvalue weighted by Gasteiger charge is -2.13. The smallest absolute Gasteiger partial charge is 0.0436 e. The molecule has 0 bridgehead atoms. The Morgan fingerprint density at radius 3 is 2.28 bits per heavy atom. The predicted molar refractivity (Wildman–Crippen MR) is 112 cm³/mol. The first-order chi connectivity index (χ1) is 12.2. The Labute approximate surface area is 151 Å². The number of fused-ring (bicyclic) bond motifs is 5. The molecule has 5 rings (SSSR count). The van der Waals surface area contributed by atoms with Crippen molar-refractivity contribution in [3.8, 4) is 11.1 Å². The molecule has 0 saturated carbocycles. The van der Waals surface area contributed by atoms with Gasteiger partial charge in [0.15, 0.2) is 0 Å². The van der Waals surface area contributed by atoms with Crippen molar-refractivity contribution in [3.63, 3.8) is 0 Å². The number of hydrogen-bond donors (Lipinski definition) is 0. The van der Waals surface area contributed by atoms with E-state index in [2.05, 4.69) is 86.6 Å². The maximum absolute atomic E-state index is 2.28. The van der Waals surface area contributed by atoms with Crippen molar-refractivity contribution in [2.45, 2.75) is 13.8 Å². The average molecular weight is 338 g/mol. The standard InChI is InChI=1S/C24H18S/c1-15-7-3-4-8-18(15)19-13-11-17-12-14-21-20-9-5-6-10-22(20)25-24(21)23(17)16(19)2/h3-14H,1-2H3. The molecular weight excluding hydrogens is 320 g/mol. The van der Waals surface area contributed by atoms with Gasteiger partial charge in [-0.2, -0.15) is 0 Å². The van der Waals surface area contributed by atoms with E-state index in [1.807, 2.05) is 11.3 Å². The fourth-order valence-corrected chi connectivity index (χ4v) is 5.24. The molecule has 0 aliphatic heterocycles. The van der Waals surface area contributed by atoms with Crippen LogP contribution in [0.2, 0.25) is 0 Å². The first kappa shape index (κ1) is 14.7. The van der Waals surface area contributed by atoms with Gasteiger partial charge in [0.25, 0.3) is 0 Å². The Balaban J connectivity index is 1.93. The number of benzene rings is 4. The monoisotopic (exact) mass is 338 g/mol. The van der Waals surface area contributed by atoms with Gasteiger partial charge >= 0.3 is 0 Å². The van der Waals surface area contributed by atoms with Gasteiger partial charge in [0.2, 0.25) is 0 Å². The van der Waals surface area contributed by atoms with Gasteiger partial charge in [0.1, 0.15) is 0 Å². The topological polar surface area (TPSA) is 0 Å². The highest BCUT2D eigenvalue weighted by Gasteiger charge is 2.13. The van der Waals surface area contributed by atoms with E-state index in [0.29, 0.717) is 0 Å². The van der Waals surface area contributed by atoms with Crippen LogP contribution >= 0.6 is 11.3 Å². The van der Waals surface area contributed by atoms with Crippen LogP contribution in [0.1, 0.15) is 11.1 Å². The summed E-state index contributed by atoms with van der Waals surface area (Å²) in [7, 11) is 0. The molecule has 25 heavy (non-hydrogen) atoms. The number of thiophene rings is 1. The fourth-order valence-electron chi connectivity index (χ4n) is 3.93. The van der Waals surface area contributed by atoms with Crippen molar-refractivity contribution in [1.29, 1.82) is 0 Å². The second-order valence-electron chi connectivity index (χ2n) is 6.69. The van der Waals surface area contributed by atoms with E-state index in [4.69, 9.17) is 0 Å². The predicted octanol–water partition coefficient (Wildman–Crippen LogP) is 7.49. The Bertz CT molecular complexity index is 1260. The number of aryl methyl sites for hydroxylation is 2. The molecule has 0 radical (unpaired) electrons. The largest absolute Gasteiger partial charge is 0.135 e. The normalized spacial score (nSPS) is 11.6. The molecule has 0 amide bonds. The lowest BCUT2D eigenvalue weighted by Crippen LogP contribution is -1.88. The summed E-state index contributed by atoms with van der Waals surface area (Å²) >= 11 is 1.91. The van der Waals surface area contributed by atoms with E-state index in [-0.39, 0.29) is 0 Å². The first-order valence-electron chi connectivity index (χ1n) is 8.63. The zero-order valence-electron chi connectivity index (χ0n) is 14.3. The molecule has 1 aromatic heterocycles. The Morgan fingerprint density at radius 1 is 0.640 bits per heavy atom. The molecule has 1 heteroatoms. The third kappa shape index (κ3) is 2.13. The number of rotatable bonds is 1. The van der Waals surface area contributed by atoms with E-state index in [0.717, 1.165) is 0 Å². The maximum atomic E-state index is 2.28. The summed E-state index contributed by atoms with van der Waals surface area (Å²) < 4.78 is 2.78. The quantitative estimate of drug-likeness (QED) is 0.297. The van der Waals surface area contributed by atoms with Crippen LogP contribution in [0.3, 0.4) is 0 Å². The molecule has 0 aliphatic carbocycles. The third-order valence-corrected chi connectivity index (χ3v) is 6.43. The minimum absolute atomic E-state index is 1.33. The zero-order chi connectivity index (χ0) is 17.0. The van der Waals surface area contributed by atoms with E-state index < -0.39 is 0 Å². The first-order valence-corrected chi connectivity index (χ1v) is 9.45. The summed E-state index contributed by atoms with van der Waals surface area (Å²) in [6.07, 6.45) is 0. The van der Waals surface area contributed by atoms with Crippen LogP contribution in [0.15, 0.2) is 72.8 Å². The van der Waals surface area contributed by atoms with Crippen molar-refractivity contribution in [2.75, 3.05) is 0 Å². The van der Waals surface area contributed by atoms with Crippen molar-refractivity contribution < 1.29 is 0 Å². The Hall–Kier alpha value is -2.64. The Kier molecular flexibility index (Phi) is 3.19. The summed E-state index contributed by atoms with van der Waals surface area (Å²) in [6, 6.07) is 26.5. The van der Waals surface area contributed by atoms with Gasteiger partial charge in [-0.05, 0) is 47.6 Å². The minimum Gasteiger partial charge on any atom is -0.135 e. The summed E-state index contributed by atoms with van der Waals surface area (Å²) in [4.78, 5) is 0. The van der Waals surface area contributed by atoms with Crippen molar-refractivity contribution >= 4 is 42.3 Å². The second-order valence-corrected chi connectivity index (χ2v) is 7.74. The van der Waals surface area contributed by atoms with Crippen LogP contribution in [-0.4, -0.2) is 0 Å². The fraction of sp³-hybridized carbons (Fsp3) is 0.0833. The molecule has 0 atom stereocenters. The molecule has 0 N–H and O–H groups in total. The maximum Gasteiger partial charge on any atom is 0.0436 e. The molecule has 0 aliphatic rings. The van der Waals surface area contributed by atoms with Crippen LogP contribution in [0.4, 0.5) is 0 Å². The average Bonchev–Trinajstić information content (AvgIpc) is 3.01. The van der Waals surface area contributed by atoms with Crippen LogP contribution in [-0.2, 0) is 0 Å². The Morgan fingerprint density at radius 2 is 1.40 bits per heavy atom. The molecule has 0 unspecified atom stereocenters. The van der Waals surface area contributed by atoms with E-state index in [1.165, 1.54) is 53.2 Å². The summed E-state index contributed by atoms with van der Waals surface area (Å²) in [5.74, 6) is 0. The molecule has 1 heterocycles. The van der Waals surface area contributed by atoms with Crippen molar-refractivity contribution in [2.24, 2.45) is 0 Å². The van der Waals surface area contributed by atoms with E-state index in [9.17, 15) is 0 Å². The van der Waals surface area contributed by atoms with E-state index >= 15 is 0 Å². The molecule has 0 nitrogen and oxygen atoms in total. The molecule has 4 aromatic carbocycles. The van der Waals surface area contributed by atoms with Crippen LogP contribution in [0.5, 0.6) is 0 Å². The molecule has 5 aromatic rings. The van der Waals surface area contributed by atoms with Crippen LogP contribution < -0.4 is 0 Å². The zero-order valence-corrected chi connectivity index (χ0v) is 15.2. The summed E-state index contributed by atoms with van der Waals surface area (Å²) in [6.45, 7) is 4.47. The van der Waals surface area contributed by atoms with Gasteiger partial charge in [0.05, 0.1) is 0 Å². The van der Waals surface area contributed by atoms with Gasteiger partial charge < -0.3 is 0 Å². The van der Waals surface area contributed by atoms with Gasteiger partial charge in [-0.15, -0.1) is 11.3 Å². The molecule has 0 saturated heterocycles.